The molecular formula is C16H16ClNO4. The Bertz CT molecular complexity index is 685. The van der Waals surface area contributed by atoms with Crippen LogP contribution in [0.1, 0.15) is 34.5 Å². The first-order valence-corrected chi connectivity index (χ1v) is 7.04. The molecule has 0 radical (unpaired) electrons. The van der Waals surface area contributed by atoms with E-state index >= 15 is 0 Å². The summed E-state index contributed by atoms with van der Waals surface area (Å²) in [7, 11) is 0. The number of ether oxygens (including phenoxy) is 1. The van der Waals surface area contributed by atoms with E-state index in [1.54, 1.807) is 31.2 Å². The van der Waals surface area contributed by atoms with Crippen molar-refractivity contribution in [3.8, 4) is 5.75 Å². The van der Waals surface area contributed by atoms with Crippen LogP contribution in [0.5, 0.6) is 5.75 Å². The third-order valence-electron chi connectivity index (χ3n) is 3.17. The normalized spacial score (nSPS) is 12.0. The Kier molecular flexibility index (Phi) is 4.90. The standard InChI is InChI=1S/C16H16ClNO4/c1-2-22-16(21)10-5-3-9(4-6-10)14(19)12-7-11(17)8-13(18)15(12)20/h3-8,14,19-20H,2,18H2,1H3. The van der Waals surface area contributed by atoms with Gasteiger partial charge in [-0.25, -0.2) is 4.79 Å². The van der Waals surface area contributed by atoms with E-state index in [4.69, 9.17) is 22.1 Å². The van der Waals surface area contributed by atoms with Gasteiger partial charge < -0.3 is 20.7 Å². The quantitative estimate of drug-likeness (QED) is 0.457. The number of carbonyl (C=O) groups is 1. The molecule has 1 unspecified atom stereocenters. The number of aromatic hydroxyl groups is 1. The van der Waals surface area contributed by atoms with Crippen molar-refractivity contribution in [2.24, 2.45) is 0 Å². The molecule has 0 bridgehead atoms. The molecule has 0 saturated carbocycles. The van der Waals surface area contributed by atoms with Gasteiger partial charge in [-0.2, -0.15) is 0 Å². The van der Waals surface area contributed by atoms with Gasteiger partial charge in [0.15, 0.2) is 0 Å². The summed E-state index contributed by atoms with van der Waals surface area (Å²) in [6.45, 7) is 2.02. The molecule has 0 spiro atoms. The van der Waals surface area contributed by atoms with Crippen molar-refractivity contribution < 1.29 is 19.7 Å². The molecule has 5 nitrogen and oxygen atoms in total. The number of anilines is 1. The van der Waals surface area contributed by atoms with Gasteiger partial charge in [0.05, 0.1) is 17.9 Å². The monoisotopic (exact) mass is 321 g/mol. The molecule has 0 heterocycles. The number of nitrogens with two attached hydrogens (primary N) is 1. The van der Waals surface area contributed by atoms with Crippen LogP contribution < -0.4 is 5.73 Å². The van der Waals surface area contributed by atoms with E-state index in [1.807, 2.05) is 0 Å². The second-order valence-electron chi connectivity index (χ2n) is 4.68. The lowest BCUT2D eigenvalue weighted by Gasteiger charge is -2.15. The Balaban J connectivity index is 2.30. The molecular weight excluding hydrogens is 306 g/mol. The van der Waals surface area contributed by atoms with Crippen molar-refractivity contribution in [3.63, 3.8) is 0 Å². The van der Waals surface area contributed by atoms with Gasteiger partial charge in [0.2, 0.25) is 0 Å². The number of hydrogen-bond donors (Lipinski definition) is 3. The van der Waals surface area contributed by atoms with Gasteiger partial charge in [0.1, 0.15) is 11.9 Å². The lowest BCUT2D eigenvalue weighted by Crippen LogP contribution is -2.06. The highest BCUT2D eigenvalue weighted by Crippen LogP contribution is 2.36. The topological polar surface area (TPSA) is 92.8 Å². The first-order valence-electron chi connectivity index (χ1n) is 6.67. The summed E-state index contributed by atoms with van der Waals surface area (Å²) < 4.78 is 4.89. The average molecular weight is 322 g/mol. The summed E-state index contributed by atoms with van der Waals surface area (Å²) in [5.74, 6) is -0.648. The smallest absolute Gasteiger partial charge is 0.338 e. The van der Waals surface area contributed by atoms with Gasteiger partial charge in [0.25, 0.3) is 0 Å². The zero-order valence-corrected chi connectivity index (χ0v) is 12.7. The van der Waals surface area contributed by atoms with Crippen molar-refractivity contribution in [2.75, 3.05) is 12.3 Å². The Labute approximate surface area is 132 Å². The lowest BCUT2D eigenvalue weighted by molar-refractivity contribution is 0.0526. The second kappa shape index (κ2) is 6.68. The maximum atomic E-state index is 11.6. The highest BCUT2D eigenvalue weighted by Gasteiger charge is 2.18. The molecule has 2 rings (SSSR count). The van der Waals surface area contributed by atoms with E-state index in [0.29, 0.717) is 22.8 Å². The van der Waals surface area contributed by atoms with Gasteiger partial charge in [-0.05, 0) is 36.8 Å². The number of halogens is 1. The number of phenolic OH excluding ortho intramolecular Hbond substituents is 1. The maximum absolute atomic E-state index is 11.6. The summed E-state index contributed by atoms with van der Waals surface area (Å²) in [5.41, 5.74) is 6.79. The number of rotatable bonds is 4. The third kappa shape index (κ3) is 3.32. The molecule has 0 aliphatic rings. The van der Waals surface area contributed by atoms with Gasteiger partial charge in [-0.15, -0.1) is 0 Å². The number of hydrogen-bond acceptors (Lipinski definition) is 5. The fraction of sp³-hybridized carbons (Fsp3) is 0.188. The van der Waals surface area contributed by atoms with Crippen LogP contribution in [0.2, 0.25) is 5.02 Å². The predicted molar refractivity (Wildman–Crippen MR) is 84.0 cm³/mol. The molecule has 116 valence electrons. The molecule has 22 heavy (non-hydrogen) atoms. The van der Waals surface area contributed by atoms with Crippen LogP contribution >= 0.6 is 11.6 Å². The minimum atomic E-state index is -1.11. The van der Waals surface area contributed by atoms with E-state index in [9.17, 15) is 15.0 Å². The van der Waals surface area contributed by atoms with Gasteiger partial charge in [-0.1, -0.05) is 23.7 Å². The fourth-order valence-electron chi connectivity index (χ4n) is 2.05. The lowest BCUT2D eigenvalue weighted by atomic mass is 9.99. The number of carbonyl (C=O) groups excluding carboxylic acids is 1. The second-order valence-corrected chi connectivity index (χ2v) is 5.11. The van der Waals surface area contributed by atoms with Gasteiger partial charge >= 0.3 is 5.97 Å². The summed E-state index contributed by atoms with van der Waals surface area (Å²) in [5, 5.41) is 20.6. The molecule has 0 aliphatic heterocycles. The molecule has 0 aliphatic carbocycles. The number of aliphatic hydroxyl groups is 1. The largest absolute Gasteiger partial charge is 0.505 e. The molecule has 2 aromatic rings. The van der Waals surface area contributed by atoms with E-state index in [1.165, 1.54) is 12.1 Å². The predicted octanol–water partition coefficient (Wildman–Crippen LogP) is 2.89. The van der Waals surface area contributed by atoms with E-state index in [2.05, 4.69) is 0 Å². The summed E-state index contributed by atoms with van der Waals surface area (Å²) in [6.07, 6.45) is -1.11. The van der Waals surface area contributed by atoms with Gasteiger partial charge in [-0.3, -0.25) is 0 Å². The molecule has 6 heteroatoms. The van der Waals surface area contributed by atoms with E-state index in [-0.39, 0.29) is 17.0 Å². The van der Waals surface area contributed by atoms with Crippen LogP contribution in [-0.2, 0) is 4.74 Å². The molecule has 0 amide bonds. The van der Waals surface area contributed by atoms with Crippen LogP contribution in [0, 0.1) is 0 Å². The zero-order chi connectivity index (χ0) is 16.3. The molecule has 0 aromatic heterocycles. The Morgan fingerprint density at radius 3 is 2.55 bits per heavy atom. The number of benzene rings is 2. The molecule has 0 fully saturated rings. The van der Waals surface area contributed by atoms with E-state index < -0.39 is 12.1 Å². The number of esters is 1. The minimum absolute atomic E-state index is 0.0877. The highest BCUT2D eigenvalue weighted by molar-refractivity contribution is 6.31. The third-order valence-corrected chi connectivity index (χ3v) is 3.38. The maximum Gasteiger partial charge on any atom is 0.338 e. The summed E-state index contributed by atoms with van der Waals surface area (Å²) in [4.78, 5) is 11.6. The van der Waals surface area contributed by atoms with Gasteiger partial charge in [0, 0.05) is 10.6 Å². The number of nitrogen functional groups attached to an aromatic ring is 1. The van der Waals surface area contributed by atoms with Crippen LogP contribution in [0.3, 0.4) is 0 Å². The van der Waals surface area contributed by atoms with Crippen molar-refractivity contribution >= 4 is 23.3 Å². The fourth-order valence-corrected chi connectivity index (χ4v) is 2.28. The van der Waals surface area contributed by atoms with Crippen molar-refractivity contribution in [2.45, 2.75) is 13.0 Å². The summed E-state index contributed by atoms with van der Waals surface area (Å²) >= 11 is 5.89. The Hall–Kier alpha value is -2.24. The summed E-state index contributed by atoms with van der Waals surface area (Å²) in [6, 6.07) is 9.08. The SMILES string of the molecule is CCOC(=O)c1ccc(C(O)c2cc(Cl)cc(N)c2O)cc1. The molecule has 0 saturated heterocycles. The molecule has 4 N–H and O–H groups in total. The van der Waals surface area contributed by atoms with Crippen LogP contribution in [0.15, 0.2) is 36.4 Å². The number of phenols is 1. The highest BCUT2D eigenvalue weighted by atomic mass is 35.5. The first kappa shape index (κ1) is 16.1. The average Bonchev–Trinajstić information content (AvgIpc) is 2.50. The first-order chi connectivity index (χ1) is 10.4. The minimum Gasteiger partial charge on any atom is -0.505 e. The van der Waals surface area contributed by atoms with Crippen LogP contribution in [0.25, 0.3) is 0 Å². The van der Waals surface area contributed by atoms with Crippen molar-refractivity contribution in [1.29, 1.82) is 0 Å². The molecule has 1 atom stereocenters. The van der Waals surface area contributed by atoms with Crippen molar-refractivity contribution in [3.05, 3.63) is 58.1 Å². The molecule has 2 aromatic carbocycles. The Morgan fingerprint density at radius 2 is 1.95 bits per heavy atom. The zero-order valence-electron chi connectivity index (χ0n) is 11.9. The van der Waals surface area contributed by atoms with Crippen molar-refractivity contribution in [1.82, 2.24) is 0 Å². The van der Waals surface area contributed by atoms with Crippen LogP contribution in [0.4, 0.5) is 5.69 Å². The Morgan fingerprint density at radius 1 is 1.32 bits per heavy atom. The van der Waals surface area contributed by atoms with E-state index in [0.717, 1.165) is 0 Å². The number of aliphatic hydroxyl groups excluding tert-OH is 1. The van der Waals surface area contributed by atoms with Crippen LogP contribution in [-0.4, -0.2) is 22.8 Å².